The number of hydrogen-bond acceptors (Lipinski definition) is 3. The molecule has 0 atom stereocenters. The van der Waals surface area contributed by atoms with Gasteiger partial charge in [0, 0.05) is 36.1 Å². The summed E-state index contributed by atoms with van der Waals surface area (Å²) in [6.07, 6.45) is 1.91. The zero-order valence-electron chi connectivity index (χ0n) is 16.9. The summed E-state index contributed by atoms with van der Waals surface area (Å²) < 4.78 is 13.3. The van der Waals surface area contributed by atoms with E-state index in [9.17, 15) is 9.18 Å². The molecule has 4 rings (SSSR count). The number of para-hydroxylation sites is 1. The highest BCUT2D eigenvalue weighted by Crippen LogP contribution is 2.25. The highest BCUT2D eigenvalue weighted by molar-refractivity contribution is 6.07. The Kier molecular flexibility index (Phi) is 5.58. The van der Waals surface area contributed by atoms with Crippen LogP contribution in [0.25, 0.3) is 22.2 Å². The van der Waals surface area contributed by atoms with Gasteiger partial charge < -0.3 is 10.2 Å². The van der Waals surface area contributed by atoms with Gasteiger partial charge in [0.25, 0.3) is 5.91 Å². The molecule has 0 unspecified atom stereocenters. The first-order valence-corrected chi connectivity index (χ1v) is 10.2. The van der Waals surface area contributed by atoms with E-state index in [1.165, 1.54) is 12.1 Å². The van der Waals surface area contributed by atoms with Crippen molar-refractivity contribution in [3.63, 3.8) is 0 Å². The molecule has 0 bridgehead atoms. The topological polar surface area (TPSA) is 45.2 Å². The Morgan fingerprint density at radius 3 is 2.48 bits per heavy atom. The third-order valence-corrected chi connectivity index (χ3v) is 5.70. The normalized spacial score (nSPS) is 15.7. The molecule has 2 heterocycles. The standard InChI is InChI=1S/C24H26FN3O/c1-16(2)28-13-11-19(12-14-28)26-24(29)21-15-23(17-7-9-18(25)10-8-17)27-22-6-4-3-5-20(21)22/h3-10,15-16,19H,11-14H2,1-2H3,(H,26,29). The second-order valence-corrected chi connectivity index (χ2v) is 7.96. The zero-order chi connectivity index (χ0) is 20.4. The van der Waals surface area contributed by atoms with Gasteiger partial charge >= 0.3 is 0 Å². The van der Waals surface area contributed by atoms with Gasteiger partial charge in [0.1, 0.15) is 5.82 Å². The molecule has 1 fully saturated rings. The van der Waals surface area contributed by atoms with Gasteiger partial charge in [-0.25, -0.2) is 9.37 Å². The molecule has 1 saturated heterocycles. The second kappa shape index (κ2) is 8.29. The maximum Gasteiger partial charge on any atom is 0.252 e. The summed E-state index contributed by atoms with van der Waals surface area (Å²) in [4.78, 5) is 20.3. The number of piperidine rings is 1. The molecule has 1 aliphatic heterocycles. The van der Waals surface area contributed by atoms with Crippen molar-refractivity contribution in [1.82, 2.24) is 15.2 Å². The first-order valence-electron chi connectivity index (χ1n) is 10.2. The van der Waals surface area contributed by atoms with Crippen LogP contribution < -0.4 is 5.32 Å². The molecule has 1 aromatic heterocycles. The third-order valence-electron chi connectivity index (χ3n) is 5.70. The van der Waals surface area contributed by atoms with Crippen LogP contribution in [-0.2, 0) is 0 Å². The summed E-state index contributed by atoms with van der Waals surface area (Å²) in [5, 5.41) is 4.05. The fourth-order valence-electron chi connectivity index (χ4n) is 3.96. The minimum Gasteiger partial charge on any atom is -0.349 e. The molecule has 29 heavy (non-hydrogen) atoms. The van der Waals surface area contributed by atoms with Gasteiger partial charge in [-0.05, 0) is 63.1 Å². The number of benzene rings is 2. The lowest BCUT2D eigenvalue weighted by atomic mass is 10.0. The van der Waals surface area contributed by atoms with Gasteiger partial charge in [-0.2, -0.15) is 0 Å². The number of carbonyl (C=O) groups excluding carboxylic acids is 1. The maximum atomic E-state index is 13.3. The molecule has 4 nitrogen and oxygen atoms in total. The molecule has 3 aromatic rings. The van der Waals surface area contributed by atoms with Crippen molar-refractivity contribution in [2.75, 3.05) is 13.1 Å². The van der Waals surface area contributed by atoms with E-state index in [1.54, 1.807) is 12.1 Å². The van der Waals surface area contributed by atoms with Gasteiger partial charge in [-0.15, -0.1) is 0 Å². The Bertz CT molecular complexity index is 1010. The van der Waals surface area contributed by atoms with E-state index in [1.807, 2.05) is 30.3 Å². The number of likely N-dealkylation sites (tertiary alicyclic amines) is 1. The van der Waals surface area contributed by atoms with E-state index in [2.05, 4.69) is 29.0 Å². The summed E-state index contributed by atoms with van der Waals surface area (Å²) in [6.45, 7) is 6.42. The molecule has 1 N–H and O–H groups in total. The van der Waals surface area contributed by atoms with E-state index < -0.39 is 0 Å². The minimum absolute atomic E-state index is 0.0741. The Balaban J connectivity index is 1.62. The highest BCUT2D eigenvalue weighted by atomic mass is 19.1. The van der Waals surface area contributed by atoms with Crippen LogP contribution in [0.5, 0.6) is 0 Å². The van der Waals surface area contributed by atoms with Gasteiger partial charge in [0.05, 0.1) is 16.8 Å². The summed E-state index contributed by atoms with van der Waals surface area (Å²) in [6, 6.07) is 16.4. The molecular weight excluding hydrogens is 365 g/mol. The molecule has 0 saturated carbocycles. The monoisotopic (exact) mass is 391 g/mol. The molecule has 0 radical (unpaired) electrons. The van der Waals surface area contributed by atoms with Crippen molar-refractivity contribution in [2.24, 2.45) is 0 Å². The number of pyridine rings is 1. The number of carbonyl (C=O) groups is 1. The van der Waals surface area contributed by atoms with E-state index >= 15 is 0 Å². The molecule has 5 heteroatoms. The van der Waals surface area contributed by atoms with Gasteiger partial charge in [-0.3, -0.25) is 4.79 Å². The van der Waals surface area contributed by atoms with E-state index in [-0.39, 0.29) is 17.8 Å². The Hall–Kier alpha value is -2.79. The average Bonchev–Trinajstić information content (AvgIpc) is 2.74. The first-order chi connectivity index (χ1) is 14.0. The van der Waals surface area contributed by atoms with Crippen LogP contribution in [0.3, 0.4) is 0 Å². The molecular formula is C24H26FN3O. The smallest absolute Gasteiger partial charge is 0.252 e. The van der Waals surface area contributed by atoms with E-state index in [0.29, 0.717) is 17.3 Å². The van der Waals surface area contributed by atoms with Crippen LogP contribution >= 0.6 is 0 Å². The summed E-state index contributed by atoms with van der Waals surface area (Å²) in [5.74, 6) is -0.366. The van der Waals surface area contributed by atoms with Crippen molar-refractivity contribution >= 4 is 16.8 Å². The fraction of sp³-hybridized carbons (Fsp3) is 0.333. The van der Waals surface area contributed by atoms with Crippen molar-refractivity contribution in [3.8, 4) is 11.3 Å². The molecule has 1 aliphatic rings. The average molecular weight is 391 g/mol. The Morgan fingerprint density at radius 2 is 1.79 bits per heavy atom. The SMILES string of the molecule is CC(C)N1CCC(NC(=O)c2cc(-c3ccc(F)cc3)nc3ccccc23)CC1. The van der Waals surface area contributed by atoms with Gasteiger partial charge in [-0.1, -0.05) is 18.2 Å². The number of rotatable bonds is 4. The number of fused-ring (bicyclic) bond motifs is 1. The molecule has 150 valence electrons. The van der Waals surface area contributed by atoms with Crippen LogP contribution in [-0.4, -0.2) is 41.0 Å². The maximum absolute atomic E-state index is 13.3. The number of nitrogens with zero attached hydrogens (tertiary/aromatic N) is 2. The summed E-state index contributed by atoms with van der Waals surface area (Å²) >= 11 is 0. The number of hydrogen-bond donors (Lipinski definition) is 1. The molecule has 2 aromatic carbocycles. The second-order valence-electron chi connectivity index (χ2n) is 7.96. The minimum atomic E-state index is -0.291. The van der Waals surface area contributed by atoms with Gasteiger partial charge in [0.15, 0.2) is 0 Å². The predicted octanol–water partition coefficient (Wildman–Crippen LogP) is 4.64. The summed E-state index contributed by atoms with van der Waals surface area (Å²) in [7, 11) is 0. The Labute approximate surface area is 170 Å². The Morgan fingerprint density at radius 1 is 1.10 bits per heavy atom. The molecule has 0 spiro atoms. The number of halogens is 1. The summed E-state index contributed by atoms with van der Waals surface area (Å²) in [5.41, 5.74) is 2.83. The van der Waals surface area contributed by atoms with E-state index in [0.717, 1.165) is 42.4 Å². The lowest BCUT2D eigenvalue weighted by Gasteiger charge is -2.34. The fourth-order valence-corrected chi connectivity index (χ4v) is 3.96. The van der Waals surface area contributed by atoms with Crippen molar-refractivity contribution in [2.45, 2.75) is 38.8 Å². The lowest BCUT2D eigenvalue weighted by Crippen LogP contribution is -2.46. The van der Waals surface area contributed by atoms with E-state index in [4.69, 9.17) is 0 Å². The third kappa shape index (κ3) is 4.30. The molecule has 1 amide bonds. The number of amides is 1. The van der Waals surface area contributed by atoms with Crippen LogP contribution in [0.4, 0.5) is 4.39 Å². The lowest BCUT2D eigenvalue weighted by molar-refractivity contribution is 0.0902. The van der Waals surface area contributed by atoms with Crippen LogP contribution in [0.15, 0.2) is 54.6 Å². The van der Waals surface area contributed by atoms with Gasteiger partial charge in [0.2, 0.25) is 0 Å². The first kappa shape index (κ1) is 19.5. The quantitative estimate of drug-likeness (QED) is 0.704. The number of nitrogens with one attached hydrogen (secondary N) is 1. The zero-order valence-corrected chi connectivity index (χ0v) is 16.9. The number of aromatic nitrogens is 1. The highest BCUT2D eigenvalue weighted by Gasteiger charge is 2.23. The van der Waals surface area contributed by atoms with Crippen molar-refractivity contribution in [1.29, 1.82) is 0 Å². The van der Waals surface area contributed by atoms with Crippen molar-refractivity contribution < 1.29 is 9.18 Å². The van der Waals surface area contributed by atoms with Crippen molar-refractivity contribution in [3.05, 3.63) is 66.0 Å². The molecule has 0 aliphatic carbocycles. The van der Waals surface area contributed by atoms with Crippen LogP contribution in [0.1, 0.15) is 37.0 Å². The predicted molar refractivity (Wildman–Crippen MR) is 114 cm³/mol. The largest absolute Gasteiger partial charge is 0.349 e. The van der Waals surface area contributed by atoms with Crippen LogP contribution in [0.2, 0.25) is 0 Å². The van der Waals surface area contributed by atoms with Crippen LogP contribution in [0, 0.1) is 5.82 Å².